The average molecular weight is 746 g/mol. The lowest BCUT2D eigenvalue weighted by molar-refractivity contribution is -0.232. The first-order valence-corrected chi connectivity index (χ1v) is 20.1. The van der Waals surface area contributed by atoms with Crippen LogP contribution in [0.1, 0.15) is 139 Å². The van der Waals surface area contributed by atoms with Crippen LogP contribution in [0.15, 0.2) is 11.1 Å². The molecule has 0 aromatic rings. The molecule has 52 heavy (non-hydrogen) atoms. The predicted molar refractivity (Wildman–Crippen MR) is 205 cm³/mol. The predicted octanol–water partition coefficient (Wildman–Crippen LogP) is 7.95. The zero-order valence-corrected chi connectivity index (χ0v) is 34.5. The number of nitrogens with one attached hydrogen (secondary N) is 2. The van der Waals surface area contributed by atoms with Crippen LogP contribution in [0.25, 0.3) is 0 Å². The van der Waals surface area contributed by atoms with E-state index in [0.717, 1.165) is 82.9 Å². The number of hydrogen-bond acceptors (Lipinski definition) is 6. The van der Waals surface area contributed by atoms with E-state index < -0.39 is 22.9 Å². The first-order valence-electron chi connectivity index (χ1n) is 20.1. The highest BCUT2D eigenvalue weighted by atomic mass is 35.5. The molecule has 6 aliphatic rings. The zero-order chi connectivity index (χ0) is 37.5. The quantitative estimate of drug-likeness (QED) is 0.226. The van der Waals surface area contributed by atoms with Crippen molar-refractivity contribution in [3.8, 4) is 0 Å². The third kappa shape index (κ3) is 6.23. The summed E-state index contributed by atoms with van der Waals surface area (Å²) in [5.74, 6) is 0.0305. The van der Waals surface area contributed by atoms with Crippen LogP contribution in [0.5, 0.6) is 0 Å². The van der Waals surface area contributed by atoms with Crippen molar-refractivity contribution in [2.45, 2.75) is 157 Å². The highest BCUT2D eigenvalue weighted by Crippen LogP contribution is 2.76. The molecule has 2 amide bonds. The summed E-state index contributed by atoms with van der Waals surface area (Å²) >= 11 is 0. The minimum atomic E-state index is -1.16. The van der Waals surface area contributed by atoms with Crippen LogP contribution >= 0.6 is 12.4 Å². The van der Waals surface area contributed by atoms with Crippen LogP contribution in [-0.4, -0.2) is 71.6 Å². The lowest BCUT2D eigenvalue weighted by Crippen LogP contribution is -2.67. The van der Waals surface area contributed by atoms with E-state index in [-0.39, 0.29) is 70.2 Å². The number of fused-ring (bicyclic) bond motifs is 7. The molecule has 0 aromatic carbocycles. The van der Waals surface area contributed by atoms with Gasteiger partial charge in [0, 0.05) is 31.0 Å². The number of carboxylic acids is 1. The number of likely N-dealkylation sites (tertiary alicyclic amines) is 1. The molecular weight excluding hydrogens is 678 g/mol. The number of carbonyl (C=O) groups is 4. The number of piperidine rings is 1. The number of urea groups is 1. The lowest BCUT2D eigenvalue weighted by Gasteiger charge is -2.72. The van der Waals surface area contributed by atoms with Gasteiger partial charge >= 0.3 is 18.0 Å². The molecule has 0 spiro atoms. The first kappa shape index (κ1) is 41.0. The summed E-state index contributed by atoms with van der Waals surface area (Å²) in [4.78, 5) is 54.7. The average Bonchev–Trinajstić information content (AvgIpc) is 3.34. The second-order valence-corrected chi connectivity index (χ2v) is 20.0. The summed E-state index contributed by atoms with van der Waals surface area (Å²) in [5, 5.41) is 16.5. The van der Waals surface area contributed by atoms with Crippen LogP contribution in [0.3, 0.4) is 0 Å². The highest BCUT2D eigenvalue weighted by Gasteiger charge is 2.70. The Morgan fingerprint density at radius 2 is 1.56 bits per heavy atom. The van der Waals surface area contributed by atoms with Gasteiger partial charge < -0.3 is 25.4 Å². The summed E-state index contributed by atoms with van der Waals surface area (Å²) in [6, 6.07) is 0.431. The zero-order valence-electron chi connectivity index (χ0n) is 33.7. The summed E-state index contributed by atoms with van der Waals surface area (Å²) in [5.41, 5.74) is 0.353. The van der Waals surface area contributed by atoms with Gasteiger partial charge in [-0.05, 0) is 136 Å². The molecule has 1 aliphatic heterocycles. The molecular formula is C42H68ClN3O6. The number of Topliss-reactive ketones (excluding diaryl/α,β-unsaturated/α-hetero) is 1. The Morgan fingerprint density at radius 1 is 0.904 bits per heavy atom. The summed E-state index contributed by atoms with van der Waals surface area (Å²) < 4.78 is 6.16. The summed E-state index contributed by atoms with van der Waals surface area (Å²) in [6.45, 7) is 21.1. The summed E-state index contributed by atoms with van der Waals surface area (Å²) in [7, 11) is 1.99. The molecule has 6 rings (SSSR count). The Labute approximate surface area is 319 Å². The molecule has 9 nitrogen and oxygen atoms in total. The Hall–Kier alpha value is -2.13. The molecule has 1 heterocycles. The van der Waals surface area contributed by atoms with Crippen molar-refractivity contribution < 1.29 is 29.0 Å². The molecule has 1 saturated heterocycles. The second kappa shape index (κ2) is 13.9. The van der Waals surface area contributed by atoms with Gasteiger partial charge in [0.25, 0.3) is 0 Å². The van der Waals surface area contributed by atoms with Crippen LogP contribution in [0.4, 0.5) is 4.79 Å². The number of esters is 1. The summed E-state index contributed by atoms with van der Waals surface area (Å²) in [6.07, 6.45) is 9.68. The van der Waals surface area contributed by atoms with E-state index in [1.54, 1.807) is 13.8 Å². The van der Waals surface area contributed by atoms with Crippen molar-refractivity contribution in [2.24, 2.45) is 50.7 Å². The lowest BCUT2D eigenvalue weighted by atomic mass is 9.33. The maximum Gasteiger partial charge on any atom is 0.318 e. The van der Waals surface area contributed by atoms with Crippen LogP contribution < -0.4 is 10.6 Å². The number of nitrogens with zero attached hydrogens (tertiary/aromatic N) is 1. The number of allylic oxidation sites excluding steroid dienone is 1. The van der Waals surface area contributed by atoms with E-state index in [9.17, 15) is 24.3 Å². The van der Waals surface area contributed by atoms with Gasteiger partial charge in [0.05, 0.1) is 17.4 Å². The molecule has 3 unspecified atom stereocenters. The van der Waals surface area contributed by atoms with Crippen LogP contribution in [0.2, 0.25) is 0 Å². The Morgan fingerprint density at radius 3 is 2.15 bits per heavy atom. The third-order valence-corrected chi connectivity index (χ3v) is 16.3. The smallest absolute Gasteiger partial charge is 0.318 e. The topological polar surface area (TPSA) is 125 Å². The molecule has 5 fully saturated rings. The van der Waals surface area contributed by atoms with E-state index in [2.05, 4.69) is 59.1 Å². The fourth-order valence-electron chi connectivity index (χ4n) is 13.2. The van der Waals surface area contributed by atoms with E-state index in [4.69, 9.17) is 4.74 Å². The van der Waals surface area contributed by atoms with E-state index in [1.165, 1.54) is 5.57 Å². The van der Waals surface area contributed by atoms with E-state index in [0.29, 0.717) is 24.3 Å². The normalized spacial score (nSPS) is 38.8. The van der Waals surface area contributed by atoms with Gasteiger partial charge in [-0.15, -0.1) is 12.4 Å². The third-order valence-electron chi connectivity index (χ3n) is 16.3. The van der Waals surface area contributed by atoms with Gasteiger partial charge in [-0.3, -0.25) is 14.4 Å². The number of rotatable bonds is 7. The molecule has 0 aromatic heterocycles. The minimum Gasteiger partial charge on any atom is -0.481 e. The molecule has 8 atom stereocenters. The molecule has 4 saturated carbocycles. The largest absolute Gasteiger partial charge is 0.481 e. The molecule has 0 radical (unpaired) electrons. The first-order chi connectivity index (χ1) is 23.7. The Bertz CT molecular complexity index is 1480. The number of hydrogen-bond donors (Lipinski definition) is 3. The maximum absolute atomic E-state index is 14.0. The molecule has 0 bridgehead atoms. The minimum absolute atomic E-state index is 0. The number of ether oxygens (including phenoxy) is 1. The monoisotopic (exact) mass is 745 g/mol. The number of carbonyl (C=O) groups excluding carboxylic acids is 3. The molecule has 5 aliphatic carbocycles. The Kier molecular flexibility index (Phi) is 10.9. The van der Waals surface area contributed by atoms with Crippen LogP contribution in [0, 0.1) is 50.7 Å². The maximum atomic E-state index is 14.0. The van der Waals surface area contributed by atoms with Crippen molar-refractivity contribution in [1.82, 2.24) is 15.5 Å². The molecule has 294 valence electrons. The van der Waals surface area contributed by atoms with E-state index >= 15 is 0 Å². The van der Waals surface area contributed by atoms with E-state index in [1.807, 2.05) is 11.9 Å². The van der Waals surface area contributed by atoms with Crippen molar-refractivity contribution >= 4 is 36.2 Å². The standard InChI is InChI=1S/C42H67N3O6.ClH/c1-25(2)33-28(46)23-42(44-36(50)45-21-15-26(43-10)16-22-45)20-19-40(8)27(34(33)42)11-12-30-39(7)17-14-31(51-32(47)24-37(3,4)35(48)49)38(5,6)29(39)13-18-41(30,40)9;/h25-27,29-31,43H,11-24H2,1-10H3,(H,44,50)(H,48,49);1H/t27?,29?,30?,31-,39-,40+,41+,42+;/m0./s1. The Balaban J connectivity index is 0.00000523. The fourth-order valence-corrected chi connectivity index (χ4v) is 13.2. The SMILES string of the molecule is CNC1CCN(C(=O)N[C@@]23CC[C@]4(C)C(CCC5[C@@]6(C)CC[C@H](OC(=O)CC(C)(C)C(=O)O)C(C)(C)C6CC[C@]54C)C2=C(C(C)C)C(=O)C3)CC1.Cl. The van der Waals surface area contributed by atoms with Gasteiger partial charge in [-0.25, -0.2) is 4.79 Å². The van der Waals surface area contributed by atoms with Crippen LogP contribution in [-0.2, 0) is 19.1 Å². The van der Waals surface area contributed by atoms with Gasteiger partial charge in [0.1, 0.15) is 6.10 Å². The van der Waals surface area contributed by atoms with Crippen molar-refractivity contribution in [3.63, 3.8) is 0 Å². The number of amides is 2. The number of halogens is 1. The number of ketones is 1. The fraction of sp³-hybridized carbons (Fsp3) is 0.857. The van der Waals surface area contributed by atoms with Gasteiger partial charge in [-0.2, -0.15) is 0 Å². The van der Waals surface area contributed by atoms with Gasteiger partial charge in [0.2, 0.25) is 0 Å². The number of carboxylic acid groups (broad SMARTS) is 1. The van der Waals surface area contributed by atoms with Crippen molar-refractivity contribution in [2.75, 3.05) is 20.1 Å². The number of aliphatic carboxylic acids is 1. The van der Waals surface area contributed by atoms with Crippen molar-refractivity contribution in [1.29, 1.82) is 0 Å². The van der Waals surface area contributed by atoms with Gasteiger partial charge in [0.15, 0.2) is 5.78 Å². The highest BCUT2D eigenvalue weighted by molar-refractivity contribution is 6.02. The van der Waals surface area contributed by atoms with Crippen molar-refractivity contribution in [3.05, 3.63) is 11.1 Å². The second-order valence-electron chi connectivity index (χ2n) is 20.0. The molecule has 10 heteroatoms. The molecule has 3 N–H and O–H groups in total. The van der Waals surface area contributed by atoms with Gasteiger partial charge in [-0.1, -0.05) is 48.5 Å².